The van der Waals surface area contributed by atoms with Crippen molar-refractivity contribution in [3.8, 4) is 11.5 Å². The smallest absolute Gasteiger partial charge is 0.175 e. The molecule has 112 valence electrons. The summed E-state index contributed by atoms with van der Waals surface area (Å²) in [5.74, 6) is 1.54. The van der Waals surface area contributed by atoms with Gasteiger partial charge in [0.1, 0.15) is 6.61 Å². The zero-order valence-electron chi connectivity index (χ0n) is 11.8. The van der Waals surface area contributed by atoms with Crippen molar-refractivity contribution < 1.29 is 14.2 Å². The minimum Gasteiger partial charge on any atom is -0.490 e. The van der Waals surface area contributed by atoms with Gasteiger partial charge in [0.15, 0.2) is 11.5 Å². The molecule has 1 aliphatic rings. The first-order valence-corrected chi connectivity index (χ1v) is 8.85. The maximum absolute atomic E-state index is 5.94. The van der Waals surface area contributed by atoms with Crippen LogP contribution in [0.3, 0.4) is 0 Å². The summed E-state index contributed by atoms with van der Waals surface area (Å²) in [6.45, 7) is 5.26. The summed E-state index contributed by atoms with van der Waals surface area (Å²) in [6.07, 6.45) is 2.69. The second-order valence-corrected chi connectivity index (χ2v) is 6.34. The normalized spacial score (nSPS) is 22.0. The van der Waals surface area contributed by atoms with E-state index in [0.29, 0.717) is 19.3 Å². The van der Waals surface area contributed by atoms with Crippen LogP contribution in [0.15, 0.2) is 16.6 Å². The largest absolute Gasteiger partial charge is 0.490 e. The van der Waals surface area contributed by atoms with E-state index >= 15 is 0 Å². The first-order chi connectivity index (χ1) is 9.63. The quantitative estimate of drug-likeness (QED) is 0.640. The Morgan fingerprint density at radius 3 is 2.70 bits per heavy atom. The van der Waals surface area contributed by atoms with Gasteiger partial charge in [-0.15, -0.1) is 0 Å². The van der Waals surface area contributed by atoms with Crippen LogP contribution in [-0.2, 0) is 10.1 Å². The zero-order valence-corrected chi connectivity index (χ0v) is 15.0. The van der Waals surface area contributed by atoms with Gasteiger partial charge in [0.25, 0.3) is 0 Å². The molecule has 0 bridgehead atoms. The second kappa shape index (κ2) is 7.66. The third-order valence-electron chi connectivity index (χ3n) is 3.26. The molecule has 0 saturated carbocycles. The molecule has 0 spiro atoms. The maximum atomic E-state index is 5.94. The predicted octanol–water partition coefficient (Wildman–Crippen LogP) is 4.69. The molecule has 2 unspecified atom stereocenters. The van der Waals surface area contributed by atoms with E-state index in [1.54, 1.807) is 0 Å². The monoisotopic (exact) mass is 406 g/mol. The van der Waals surface area contributed by atoms with Crippen LogP contribution < -0.4 is 9.47 Å². The average molecular weight is 408 g/mol. The molecule has 2 rings (SSSR count). The summed E-state index contributed by atoms with van der Waals surface area (Å²) >= 11 is 7.03. The van der Waals surface area contributed by atoms with Gasteiger partial charge in [-0.25, -0.2) is 0 Å². The van der Waals surface area contributed by atoms with Crippen LogP contribution in [0, 0.1) is 0 Å². The molecule has 3 nitrogen and oxygen atoms in total. The van der Waals surface area contributed by atoms with Gasteiger partial charge in [0.2, 0.25) is 0 Å². The van der Waals surface area contributed by atoms with Crippen molar-refractivity contribution in [2.24, 2.45) is 0 Å². The minimum atomic E-state index is 0.183. The predicted molar refractivity (Wildman–Crippen MR) is 87.0 cm³/mol. The number of benzene rings is 1. The number of hydrogen-bond donors (Lipinski definition) is 0. The van der Waals surface area contributed by atoms with E-state index in [-0.39, 0.29) is 6.10 Å². The SMILES string of the molecule is CCOc1cc(CBr)cc(Br)c1OCC1CCC(C)O1. The Labute approximate surface area is 137 Å². The lowest BCUT2D eigenvalue weighted by atomic mass is 10.2. The van der Waals surface area contributed by atoms with Crippen LogP contribution >= 0.6 is 31.9 Å². The van der Waals surface area contributed by atoms with E-state index in [9.17, 15) is 0 Å². The van der Waals surface area contributed by atoms with Crippen LogP contribution in [-0.4, -0.2) is 25.4 Å². The first kappa shape index (κ1) is 16.1. The van der Waals surface area contributed by atoms with Gasteiger partial charge in [-0.05, 0) is 60.3 Å². The molecule has 0 radical (unpaired) electrons. The molecule has 1 fully saturated rings. The number of hydrogen-bond acceptors (Lipinski definition) is 3. The first-order valence-electron chi connectivity index (χ1n) is 6.93. The average Bonchev–Trinajstić information content (AvgIpc) is 2.83. The topological polar surface area (TPSA) is 27.7 Å². The van der Waals surface area contributed by atoms with Gasteiger partial charge >= 0.3 is 0 Å². The Balaban J connectivity index is 2.08. The molecular formula is C15H20Br2O3. The molecule has 20 heavy (non-hydrogen) atoms. The van der Waals surface area contributed by atoms with Gasteiger partial charge in [0, 0.05) is 5.33 Å². The number of ether oxygens (including phenoxy) is 3. The van der Waals surface area contributed by atoms with Crippen molar-refractivity contribution in [2.45, 2.75) is 44.2 Å². The van der Waals surface area contributed by atoms with Crippen LogP contribution in [0.4, 0.5) is 0 Å². The van der Waals surface area contributed by atoms with Crippen molar-refractivity contribution >= 4 is 31.9 Å². The van der Waals surface area contributed by atoms with E-state index < -0.39 is 0 Å². The molecule has 0 aromatic heterocycles. The molecule has 2 atom stereocenters. The van der Waals surface area contributed by atoms with Crippen LogP contribution in [0.5, 0.6) is 11.5 Å². The highest BCUT2D eigenvalue weighted by Gasteiger charge is 2.23. The summed E-state index contributed by atoms with van der Waals surface area (Å²) in [5.41, 5.74) is 1.15. The molecule has 5 heteroatoms. The molecule has 0 aliphatic carbocycles. The van der Waals surface area contributed by atoms with E-state index in [1.807, 2.05) is 19.1 Å². The lowest BCUT2D eigenvalue weighted by Crippen LogP contribution is -2.18. The summed E-state index contributed by atoms with van der Waals surface area (Å²) in [4.78, 5) is 0. The lowest BCUT2D eigenvalue weighted by molar-refractivity contribution is 0.0256. The highest BCUT2D eigenvalue weighted by atomic mass is 79.9. The zero-order chi connectivity index (χ0) is 14.5. The fourth-order valence-corrected chi connectivity index (χ4v) is 3.21. The second-order valence-electron chi connectivity index (χ2n) is 4.93. The van der Waals surface area contributed by atoms with Gasteiger partial charge < -0.3 is 14.2 Å². The lowest BCUT2D eigenvalue weighted by Gasteiger charge is -2.17. The van der Waals surface area contributed by atoms with Crippen molar-refractivity contribution in [3.63, 3.8) is 0 Å². The Morgan fingerprint density at radius 2 is 2.10 bits per heavy atom. The van der Waals surface area contributed by atoms with Crippen LogP contribution in [0.2, 0.25) is 0 Å². The van der Waals surface area contributed by atoms with E-state index in [0.717, 1.165) is 39.7 Å². The van der Waals surface area contributed by atoms with Gasteiger partial charge in [-0.3, -0.25) is 0 Å². The van der Waals surface area contributed by atoms with Crippen molar-refractivity contribution in [2.75, 3.05) is 13.2 Å². The molecule has 1 aromatic rings. The number of rotatable bonds is 6. The molecule has 1 saturated heterocycles. The molecule has 1 heterocycles. The van der Waals surface area contributed by atoms with Crippen LogP contribution in [0.1, 0.15) is 32.3 Å². The summed E-state index contributed by atoms with van der Waals surface area (Å²) < 4.78 is 18.3. The fourth-order valence-electron chi connectivity index (χ4n) is 2.29. The van der Waals surface area contributed by atoms with Gasteiger partial charge in [-0.2, -0.15) is 0 Å². The highest BCUT2D eigenvalue weighted by Crippen LogP contribution is 2.38. The summed E-state index contributed by atoms with van der Waals surface area (Å²) in [5, 5.41) is 0.787. The number of halogens is 2. The molecule has 1 aromatic carbocycles. The standard InChI is InChI=1S/C15H20Br2O3/c1-3-18-14-7-11(8-16)6-13(17)15(14)19-9-12-5-4-10(2)20-12/h6-7,10,12H,3-5,8-9H2,1-2H3. The van der Waals surface area contributed by atoms with Crippen molar-refractivity contribution in [3.05, 3.63) is 22.2 Å². The third kappa shape index (κ3) is 4.12. The van der Waals surface area contributed by atoms with Crippen molar-refractivity contribution in [1.29, 1.82) is 0 Å². The molecule has 0 N–H and O–H groups in total. The van der Waals surface area contributed by atoms with E-state index in [4.69, 9.17) is 14.2 Å². The van der Waals surface area contributed by atoms with E-state index in [2.05, 4.69) is 38.8 Å². The molecule has 1 aliphatic heterocycles. The highest BCUT2D eigenvalue weighted by molar-refractivity contribution is 9.10. The Hall–Kier alpha value is -0.260. The molecular weight excluding hydrogens is 388 g/mol. The Kier molecular flexibility index (Phi) is 6.18. The summed E-state index contributed by atoms with van der Waals surface area (Å²) in [7, 11) is 0. The summed E-state index contributed by atoms with van der Waals surface area (Å²) in [6, 6.07) is 4.06. The van der Waals surface area contributed by atoms with E-state index in [1.165, 1.54) is 0 Å². The fraction of sp³-hybridized carbons (Fsp3) is 0.600. The van der Waals surface area contributed by atoms with Gasteiger partial charge in [0.05, 0.1) is 23.3 Å². The Bertz CT molecular complexity index is 451. The number of alkyl halides is 1. The van der Waals surface area contributed by atoms with Crippen LogP contribution in [0.25, 0.3) is 0 Å². The third-order valence-corrected chi connectivity index (χ3v) is 4.49. The Morgan fingerprint density at radius 1 is 1.30 bits per heavy atom. The van der Waals surface area contributed by atoms with Gasteiger partial charge in [-0.1, -0.05) is 15.9 Å². The van der Waals surface area contributed by atoms with Crippen molar-refractivity contribution in [1.82, 2.24) is 0 Å². The minimum absolute atomic E-state index is 0.183. The molecule has 0 amide bonds. The maximum Gasteiger partial charge on any atom is 0.175 e.